The Morgan fingerprint density at radius 2 is 2.50 bits per heavy atom. The number of esters is 1. The Labute approximate surface area is 60.2 Å². The molecule has 0 unspecified atom stereocenters. The van der Waals surface area contributed by atoms with Gasteiger partial charge in [0, 0.05) is 12.0 Å². The summed E-state index contributed by atoms with van der Waals surface area (Å²) in [6, 6.07) is 0. The minimum atomic E-state index is -0.261. The molecular formula is C8H10O2. The Kier molecular flexibility index (Phi) is 1.90. The van der Waals surface area contributed by atoms with E-state index in [1.165, 1.54) is 0 Å². The van der Waals surface area contributed by atoms with Gasteiger partial charge >= 0.3 is 5.97 Å². The highest BCUT2D eigenvalue weighted by Gasteiger charge is 2.24. The molecule has 10 heavy (non-hydrogen) atoms. The van der Waals surface area contributed by atoms with Gasteiger partial charge < -0.3 is 4.74 Å². The largest absolute Gasteiger partial charge is 0.454 e. The second-order valence-corrected chi connectivity index (χ2v) is 2.28. The predicted molar refractivity (Wildman–Crippen MR) is 38.5 cm³/mol. The van der Waals surface area contributed by atoms with Gasteiger partial charge in [-0.05, 0) is 13.0 Å². The zero-order chi connectivity index (χ0) is 7.56. The molecule has 0 aromatic heterocycles. The number of carbonyl (C=O) groups is 1. The Hall–Kier alpha value is -1.05. The molecule has 0 aromatic carbocycles. The fourth-order valence-corrected chi connectivity index (χ4v) is 0.911. The van der Waals surface area contributed by atoms with Crippen molar-refractivity contribution in [3.63, 3.8) is 0 Å². The van der Waals surface area contributed by atoms with Gasteiger partial charge in [-0.1, -0.05) is 12.7 Å². The molecule has 1 fully saturated rings. The van der Waals surface area contributed by atoms with Crippen LogP contribution in [-0.2, 0) is 9.53 Å². The van der Waals surface area contributed by atoms with Crippen molar-refractivity contribution in [3.05, 3.63) is 24.3 Å². The van der Waals surface area contributed by atoms with Crippen molar-refractivity contribution in [2.75, 3.05) is 0 Å². The van der Waals surface area contributed by atoms with Gasteiger partial charge in [-0.3, -0.25) is 0 Å². The lowest BCUT2D eigenvalue weighted by Crippen LogP contribution is -2.01. The molecule has 0 bridgehead atoms. The second-order valence-electron chi connectivity index (χ2n) is 2.28. The molecule has 2 nitrogen and oxygen atoms in total. The Balaban J connectivity index is 2.57. The fraction of sp³-hybridized carbons (Fsp3) is 0.375. The zero-order valence-electron chi connectivity index (χ0n) is 5.96. The molecule has 1 rings (SSSR count). The van der Waals surface area contributed by atoms with Gasteiger partial charge in [0.2, 0.25) is 0 Å². The van der Waals surface area contributed by atoms with E-state index in [1.807, 2.05) is 19.1 Å². The van der Waals surface area contributed by atoms with E-state index in [1.54, 1.807) is 0 Å². The molecule has 1 heterocycles. The van der Waals surface area contributed by atoms with Crippen LogP contribution >= 0.6 is 0 Å². The lowest BCUT2D eigenvalue weighted by atomic mass is 10.2. The quantitative estimate of drug-likeness (QED) is 0.311. The van der Waals surface area contributed by atoms with E-state index in [-0.39, 0.29) is 12.1 Å². The third-order valence-corrected chi connectivity index (χ3v) is 1.40. The zero-order valence-corrected chi connectivity index (χ0v) is 5.96. The van der Waals surface area contributed by atoms with Crippen LogP contribution in [0.3, 0.4) is 0 Å². The van der Waals surface area contributed by atoms with Crippen LogP contribution < -0.4 is 0 Å². The maximum absolute atomic E-state index is 10.7. The van der Waals surface area contributed by atoms with Crippen LogP contribution in [-0.4, -0.2) is 12.1 Å². The number of rotatable bonds is 1. The molecule has 1 atom stereocenters. The first-order chi connectivity index (χ1) is 4.74. The molecule has 0 N–H and O–H groups in total. The molecule has 2 heteroatoms. The van der Waals surface area contributed by atoms with Crippen LogP contribution in [0.15, 0.2) is 24.3 Å². The monoisotopic (exact) mass is 138 g/mol. The first-order valence-electron chi connectivity index (χ1n) is 3.25. The predicted octanol–water partition coefficient (Wildman–Crippen LogP) is 1.43. The van der Waals surface area contributed by atoms with Crippen molar-refractivity contribution in [1.82, 2.24) is 0 Å². The number of hydrogen-bond acceptors (Lipinski definition) is 2. The van der Waals surface area contributed by atoms with E-state index in [0.717, 1.165) is 0 Å². The summed E-state index contributed by atoms with van der Waals surface area (Å²) in [6.45, 7) is 5.46. The third-order valence-electron chi connectivity index (χ3n) is 1.40. The molecule has 1 saturated heterocycles. The van der Waals surface area contributed by atoms with E-state index < -0.39 is 0 Å². The van der Waals surface area contributed by atoms with Crippen molar-refractivity contribution in [3.8, 4) is 0 Å². The summed E-state index contributed by atoms with van der Waals surface area (Å²) in [6.07, 6.45) is 4.31. The summed E-state index contributed by atoms with van der Waals surface area (Å²) in [4.78, 5) is 10.7. The number of cyclic esters (lactones) is 1. The molecule has 0 amide bonds. The Morgan fingerprint density at radius 3 is 2.90 bits per heavy atom. The van der Waals surface area contributed by atoms with Gasteiger partial charge in [-0.2, -0.15) is 0 Å². The van der Waals surface area contributed by atoms with Crippen molar-refractivity contribution in [2.24, 2.45) is 0 Å². The van der Waals surface area contributed by atoms with Crippen LogP contribution in [0.2, 0.25) is 0 Å². The summed E-state index contributed by atoms with van der Waals surface area (Å²) < 4.78 is 4.89. The molecule has 0 saturated carbocycles. The molecule has 0 aromatic rings. The third kappa shape index (κ3) is 1.26. The first-order valence-corrected chi connectivity index (χ1v) is 3.25. The van der Waals surface area contributed by atoms with Crippen molar-refractivity contribution in [1.29, 1.82) is 0 Å². The van der Waals surface area contributed by atoms with E-state index in [9.17, 15) is 4.79 Å². The van der Waals surface area contributed by atoms with Gasteiger partial charge in [0.15, 0.2) is 0 Å². The van der Waals surface area contributed by atoms with E-state index in [2.05, 4.69) is 6.58 Å². The number of ether oxygens (including phenoxy) is 1. The second kappa shape index (κ2) is 2.69. The highest BCUT2D eigenvalue weighted by atomic mass is 16.5. The molecule has 0 radical (unpaired) electrons. The average molecular weight is 138 g/mol. The van der Waals surface area contributed by atoms with Crippen LogP contribution in [0.25, 0.3) is 0 Å². The first kappa shape index (κ1) is 7.06. The summed E-state index contributed by atoms with van der Waals surface area (Å²) >= 11 is 0. The van der Waals surface area contributed by atoms with E-state index in [4.69, 9.17) is 4.74 Å². The minimum Gasteiger partial charge on any atom is -0.454 e. The molecular weight excluding hydrogens is 128 g/mol. The maximum Gasteiger partial charge on any atom is 0.334 e. The fourth-order valence-electron chi connectivity index (χ4n) is 0.911. The normalized spacial score (nSPS) is 25.9. The Bertz CT molecular complexity index is 175. The topological polar surface area (TPSA) is 26.3 Å². The molecule has 0 aliphatic carbocycles. The van der Waals surface area contributed by atoms with Gasteiger partial charge in [0.05, 0.1) is 0 Å². The highest BCUT2D eigenvalue weighted by Crippen LogP contribution is 2.18. The summed E-state index contributed by atoms with van der Waals surface area (Å²) in [5.41, 5.74) is 0.572. The number of hydrogen-bond donors (Lipinski definition) is 0. The molecule has 1 aliphatic rings. The van der Waals surface area contributed by atoms with E-state index >= 15 is 0 Å². The summed E-state index contributed by atoms with van der Waals surface area (Å²) in [5.74, 6) is -0.261. The summed E-state index contributed by atoms with van der Waals surface area (Å²) in [7, 11) is 0. The van der Waals surface area contributed by atoms with Gasteiger partial charge in [-0.25, -0.2) is 4.79 Å². The highest BCUT2D eigenvalue weighted by molar-refractivity contribution is 5.90. The average Bonchev–Trinajstić information content (AvgIpc) is 2.14. The van der Waals surface area contributed by atoms with Gasteiger partial charge in [0.25, 0.3) is 0 Å². The van der Waals surface area contributed by atoms with Crippen molar-refractivity contribution < 1.29 is 9.53 Å². The van der Waals surface area contributed by atoms with E-state index in [0.29, 0.717) is 12.0 Å². The smallest absolute Gasteiger partial charge is 0.334 e. The van der Waals surface area contributed by atoms with Crippen LogP contribution in [0.1, 0.15) is 13.3 Å². The van der Waals surface area contributed by atoms with Crippen molar-refractivity contribution >= 4 is 5.97 Å². The van der Waals surface area contributed by atoms with Crippen LogP contribution in [0.4, 0.5) is 0 Å². The van der Waals surface area contributed by atoms with Gasteiger partial charge in [0.1, 0.15) is 6.10 Å². The SMILES string of the molecule is C=C1C[C@H](/C=C/C)OC1=O. The Morgan fingerprint density at radius 1 is 1.80 bits per heavy atom. The van der Waals surface area contributed by atoms with Gasteiger partial charge in [-0.15, -0.1) is 0 Å². The lowest BCUT2D eigenvalue weighted by Gasteiger charge is -1.98. The summed E-state index contributed by atoms with van der Waals surface area (Å²) in [5, 5.41) is 0. The minimum absolute atomic E-state index is 0.0648. The van der Waals surface area contributed by atoms with Crippen LogP contribution in [0.5, 0.6) is 0 Å². The van der Waals surface area contributed by atoms with Crippen molar-refractivity contribution in [2.45, 2.75) is 19.4 Å². The lowest BCUT2D eigenvalue weighted by molar-refractivity contribution is -0.137. The number of allylic oxidation sites excluding steroid dienone is 1. The molecule has 0 spiro atoms. The number of carbonyl (C=O) groups excluding carboxylic acids is 1. The van der Waals surface area contributed by atoms with Crippen LogP contribution in [0, 0.1) is 0 Å². The standard InChI is InChI=1S/C8H10O2/c1-3-4-7-5-6(2)8(9)10-7/h3-4,7H,2,5H2,1H3/b4-3+/t7-/m0/s1. The molecule has 1 aliphatic heterocycles. The maximum atomic E-state index is 10.7. The molecule has 54 valence electrons.